The summed E-state index contributed by atoms with van der Waals surface area (Å²) in [5, 5.41) is 74.3. The van der Waals surface area contributed by atoms with Gasteiger partial charge in [-0.15, -0.1) is 0 Å². The molecule has 0 aliphatic carbocycles. The zero-order valence-electron chi connectivity index (χ0n) is 74.1. The molecule has 2 aromatic heterocycles. The molecule has 0 fully saturated rings. The molecule has 0 amide bonds. The largest absolute Gasteiger partial charge is 0.507 e. The summed E-state index contributed by atoms with van der Waals surface area (Å²) >= 11 is 3.20. The van der Waals surface area contributed by atoms with Crippen molar-refractivity contribution in [2.45, 2.75) is 48.5 Å². The van der Waals surface area contributed by atoms with E-state index in [9.17, 15) is 44.8 Å². The summed E-state index contributed by atoms with van der Waals surface area (Å²) < 4.78 is 22.2. The Hall–Kier alpha value is -16.4. The van der Waals surface area contributed by atoms with E-state index in [-0.39, 0.29) is 77.4 Å². The molecule has 0 spiro atoms. The van der Waals surface area contributed by atoms with Crippen LogP contribution in [0.2, 0.25) is 0 Å². The maximum absolute atomic E-state index is 12.9. The predicted molar refractivity (Wildman–Crippen MR) is 527 cm³/mol. The average Bonchev–Trinajstić information content (AvgIpc) is 0.796. The van der Waals surface area contributed by atoms with Gasteiger partial charge in [0, 0.05) is 70.9 Å². The van der Waals surface area contributed by atoms with Crippen LogP contribution in [0.15, 0.2) is 308 Å². The number of Topliss-reactive ketones (excluding diaryl/α,β-unsaturated/α-hetero) is 2. The van der Waals surface area contributed by atoms with E-state index < -0.39 is 17.0 Å². The Kier molecular flexibility index (Phi) is 36.8. The number of non-ortho nitro benzene ring substituents is 2. The number of carbonyl (C=O) groups is 3. The number of aromatic nitrogens is 4. The highest BCUT2D eigenvalue weighted by Crippen LogP contribution is 2.39. The summed E-state index contributed by atoms with van der Waals surface area (Å²) in [5.74, 6) is 0.593. The number of carbonyl (C=O) groups excluding carboxylic acids is 3. The van der Waals surface area contributed by atoms with E-state index >= 15 is 0 Å². The van der Waals surface area contributed by atoms with Crippen molar-refractivity contribution in [1.29, 1.82) is 5.41 Å². The molecule has 28 nitrogen and oxygen atoms in total. The number of hydrogen-bond acceptors (Lipinski definition) is 24. The molecule has 0 atom stereocenters. The van der Waals surface area contributed by atoms with Crippen LogP contribution in [-0.4, -0.2) is 113 Å². The molecule has 16 N–H and O–H groups in total. The number of allylic oxidation sites excluding steroid dienone is 1. The van der Waals surface area contributed by atoms with Crippen LogP contribution in [0.3, 0.4) is 0 Å². The van der Waals surface area contributed by atoms with Crippen molar-refractivity contribution < 1.29 is 68.5 Å². The van der Waals surface area contributed by atoms with Gasteiger partial charge in [-0.05, 0) is 225 Å². The van der Waals surface area contributed by atoms with Gasteiger partial charge in [0.05, 0.1) is 49.3 Å². The van der Waals surface area contributed by atoms with Crippen LogP contribution in [0.5, 0.6) is 28.7 Å². The van der Waals surface area contributed by atoms with Crippen molar-refractivity contribution >= 4 is 86.9 Å². The van der Waals surface area contributed by atoms with Gasteiger partial charge < -0.3 is 73.0 Å². The highest BCUT2D eigenvalue weighted by Gasteiger charge is 2.20. The number of nitrogens with zero attached hydrogens (tertiary/aromatic N) is 6. The summed E-state index contributed by atoms with van der Waals surface area (Å²) in [5.41, 5.74) is 48.7. The van der Waals surface area contributed by atoms with E-state index in [0.29, 0.717) is 78.8 Å². The first-order chi connectivity index (χ1) is 63.5. The van der Waals surface area contributed by atoms with Gasteiger partial charge in [0.2, 0.25) is 11.9 Å². The highest BCUT2D eigenvalue weighted by molar-refractivity contribution is 9.10. The number of ether oxygens (including phenoxy) is 4. The van der Waals surface area contributed by atoms with Crippen LogP contribution in [0.1, 0.15) is 78.3 Å². The standard InChI is InChI=1S/C25H22N4O4.C24H21NO5.C23H20N4O.C15H14O2.C8H7BrO2.C7H9BO2.CH5N3/c1-16-3-5-17(6-4-16)19-9-12-24(33-15-32-2)21(13-19)23-14-22(27-25(26)28-23)18-7-10-20(11-8-18)29(30)31;1-17-3-8-19(9-4-17)20-10-14-24(30-16-29-2)22(15-20)23(26)13-7-18-5-11-21(12-6-18)25(27)28;1-14-2-4-15(5-3-14)17-8-11-22(28)19(12-17)21-13-20(26-23(25)27-21)16-6-9-18(24)10-7-16;1-10-3-5-12(6-4-10)13-7-8-15(17)14(9-13)11(2)16;1-5(10)7-4-6(9)2-3-8(7)11;1-6-2-4-7(5-3-6)8(9)10;2-1(3)4/h3-14H,15H2,1-2H3,(H2,26,27,28);3-15H,16H2,1-2H3;2-13,28H,24H2,1H3,(H2,25,26,27);3-9,17H,1-2H3;2-4,11H,1H3;2-5,9-10H,1H3;(H5,2,3,4)/b;13-7+;;;;;. The van der Waals surface area contributed by atoms with E-state index in [1.807, 2.05) is 161 Å². The van der Waals surface area contributed by atoms with Crippen molar-refractivity contribution in [2.24, 2.45) is 11.5 Å². The number of ketones is 3. The molecule has 30 heteroatoms. The molecule has 0 unspecified atom stereocenters. The molecule has 15 aromatic rings. The first-order valence-electron chi connectivity index (χ1n) is 40.9. The smallest absolute Gasteiger partial charge is 0.488 e. The Morgan fingerprint density at radius 1 is 0.406 bits per heavy atom. The van der Waals surface area contributed by atoms with E-state index in [1.54, 1.807) is 98.1 Å². The minimum absolute atomic E-state index is 0.000438. The highest BCUT2D eigenvalue weighted by atomic mass is 79.9. The third-order valence-electron chi connectivity index (χ3n) is 19.7. The van der Waals surface area contributed by atoms with E-state index in [2.05, 4.69) is 103 Å². The molecule has 0 aliphatic heterocycles. The summed E-state index contributed by atoms with van der Waals surface area (Å²) in [6.45, 7) is 13.1. The lowest BCUT2D eigenvalue weighted by atomic mass is 9.80. The van der Waals surface area contributed by atoms with Crippen LogP contribution in [0.4, 0.5) is 29.0 Å². The van der Waals surface area contributed by atoms with E-state index in [1.165, 1.54) is 74.1 Å². The number of methoxy groups -OCH3 is 2. The fraction of sp³-hybridized carbons (Fsp3) is 0.107. The van der Waals surface area contributed by atoms with Gasteiger partial charge in [-0.1, -0.05) is 208 Å². The van der Waals surface area contributed by atoms with Crippen LogP contribution in [0.25, 0.3) is 95.6 Å². The maximum atomic E-state index is 12.9. The minimum Gasteiger partial charge on any atom is -0.507 e. The number of phenols is 3. The summed E-state index contributed by atoms with van der Waals surface area (Å²) in [7, 11) is 1.72. The Morgan fingerprint density at radius 2 is 0.729 bits per heavy atom. The molecule has 13 aromatic carbocycles. The molecule has 0 aliphatic rings. The number of benzene rings is 13. The molecule has 15 rings (SSSR count). The maximum Gasteiger partial charge on any atom is 0.488 e. The Labute approximate surface area is 777 Å². The van der Waals surface area contributed by atoms with E-state index in [0.717, 1.165) is 71.2 Å². The molecular formula is C103H98BBrN12O16. The fourth-order valence-corrected chi connectivity index (χ4v) is 13.0. The molecule has 676 valence electrons. The SMILES string of the molecule is CC(=O)c1cc(-c2ccc(C)cc2)ccc1O.CC(=O)c1cc(Br)ccc1O.COCOc1ccc(-c2ccc(C)cc2)cc1-c1cc(-c2ccc([N+](=O)[O-])cc2)nc(N)n1.COCOc1ccc(-c2ccc(C)cc2)cc1C(=O)/C=C/c1ccc([N+](=O)[O-])cc1.Cc1ccc(-c2ccc(O)c(-c3cc(-c4ccc(N)cc4)nc(N)n3)c2)cc1.Cc1ccc(B(O)O)cc1.N=C(N)N. The van der Waals surface area contributed by atoms with Gasteiger partial charge in [-0.25, -0.2) is 19.9 Å². The number of rotatable bonds is 22. The summed E-state index contributed by atoms with van der Waals surface area (Å²) in [6, 6.07) is 89.3. The predicted octanol–water partition coefficient (Wildman–Crippen LogP) is 19.8. The zero-order valence-corrected chi connectivity index (χ0v) is 75.7. The van der Waals surface area contributed by atoms with Crippen molar-refractivity contribution in [3.05, 3.63) is 378 Å². The van der Waals surface area contributed by atoms with Crippen LogP contribution >= 0.6 is 15.9 Å². The molecule has 0 radical (unpaired) electrons. The quantitative estimate of drug-likeness (QED) is 0.00345. The zero-order chi connectivity index (χ0) is 96.5. The Morgan fingerprint density at radius 3 is 1.14 bits per heavy atom. The van der Waals surface area contributed by atoms with Crippen molar-refractivity contribution in [2.75, 3.05) is 45.0 Å². The minimum atomic E-state index is -1.35. The normalized spacial score (nSPS) is 10.4. The lowest BCUT2D eigenvalue weighted by Gasteiger charge is -2.14. The van der Waals surface area contributed by atoms with Gasteiger partial charge in [0.1, 0.15) is 28.7 Å². The van der Waals surface area contributed by atoms with E-state index in [4.69, 9.17) is 56.7 Å². The number of hydrogen-bond donors (Lipinski definition) is 11. The number of nitrogens with one attached hydrogen (secondary N) is 1. The number of nitro benzene ring substituents is 2. The summed E-state index contributed by atoms with van der Waals surface area (Å²) in [4.78, 5) is 73.3. The molecule has 0 saturated carbocycles. The Bertz CT molecular complexity index is 6580. The second-order valence-corrected chi connectivity index (χ2v) is 30.8. The third-order valence-corrected chi connectivity index (χ3v) is 20.2. The average molecular weight is 1850 g/mol. The second kappa shape index (κ2) is 48.7. The van der Waals surface area contributed by atoms with Crippen LogP contribution < -0.4 is 43.6 Å². The lowest BCUT2D eigenvalue weighted by molar-refractivity contribution is -0.385. The number of nitrogens with two attached hydrogens (primary N) is 5. The van der Waals surface area contributed by atoms with Gasteiger partial charge in [0.25, 0.3) is 11.4 Å². The monoisotopic (exact) mass is 1850 g/mol. The number of anilines is 3. The van der Waals surface area contributed by atoms with Crippen molar-refractivity contribution in [1.82, 2.24) is 19.9 Å². The first-order valence-corrected chi connectivity index (χ1v) is 41.7. The second-order valence-electron chi connectivity index (χ2n) is 29.9. The van der Waals surface area contributed by atoms with Crippen LogP contribution in [-0.2, 0) is 9.47 Å². The van der Waals surface area contributed by atoms with Gasteiger partial charge in [-0.3, -0.25) is 40.0 Å². The lowest BCUT2D eigenvalue weighted by Crippen LogP contribution is -2.29. The number of aromatic hydroxyl groups is 3. The topological polar surface area (TPSA) is 481 Å². The molecule has 133 heavy (non-hydrogen) atoms. The van der Waals surface area contributed by atoms with Gasteiger partial charge >= 0.3 is 7.12 Å². The van der Waals surface area contributed by atoms with Gasteiger partial charge in [-0.2, -0.15) is 0 Å². The fourth-order valence-electron chi connectivity index (χ4n) is 12.6. The van der Waals surface area contributed by atoms with Crippen LogP contribution in [0, 0.1) is 60.3 Å². The van der Waals surface area contributed by atoms with Crippen molar-refractivity contribution in [3.63, 3.8) is 0 Å². The number of guanidine groups is 1. The van der Waals surface area contributed by atoms with Crippen molar-refractivity contribution in [3.8, 4) is 118 Å². The molecule has 0 bridgehead atoms. The molecule has 2 heterocycles. The first kappa shape index (κ1) is 100. The number of aryl methyl sites for hydroxylation is 5. The third kappa shape index (κ3) is 30.4. The molecular weight excluding hydrogens is 1750 g/mol. The summed E-state index contributed by atoms with van der Waals surface area (Å²) in [6.07, 6.45) is 3.04. The number of halogens is 1. The number of nitro groups is 2. The molecule has 0 saturated heterocycles. The van der Waals surface area contributed by atoms with Gasteiger partial charge in [0.15, 0.2) is 36.9 Å². The number of phenolic OH excluding ortho intramolecular Hbond substituents is 3. The Balaban J connectivity index is 0.000000186. The number of nitrogen functional groups attached to an aromatic ring is 3.